The van der Waals surface area contributed by atoms with Crippen molar-refractivity contribution in [1.29, 1.82) is 0 Å². The maximum absolute atomic E-state index is 13.5. The summed E-state index contributed by atoms with van der Waals surface area (Å²) in [4.78, 5) is 27.4. The van der Waals surface area contributed by atoms with E-state index in [1.165, 1.54) is 16.6 Å². The van der Waals surface area contributed by atoms with Gasteiger partial charge in [-0.1, -0.05) is 26.7 Å². The Kier molecular flexibility index (Phi) is 7.32. The molecule has 37 heavy (non-hydrogen) atoms. The van der Waals surface area contributed by atoms with Gasteiger partial charge in [-0.15, -0.1) is 0 Å². The minimum absolute atomic E-state index is 0.0519. The third kappa shape index (κ3) is 4.77. The second-order valence-electron chi connectivity index (χ2n) is 9.59. The standard InChI is InChI=1S/C25H35N7O4S/c1-4-20-21-22(29-32(20)17-9-7-8-10-17)24(33)28-23(27-21)19-15-18(16-26-25(19)36-6-3)37(34,35)31-13-11-30(5-2)12-14-31/h15-17H,4-14H2,1-3H3,(H,27,28,33). The Balaban J connectivity index is 1.59. The first-order valence-electron chi connectivity index (χ1n) is 13.2. The van der Waals surface area contributed by atoms with E-state index in [1.807, 2.05) is 18.5 Å². The zero-order valence-corrected chi connectivity index (χ0v) is 22.6. The molecule has 4 heterocycles. The number of pyridine rings is 1. The van der Waals surface area contributed by atoms with E-state index >= 15 is 0 Å². The number of sulfonamides is 1. The number of fused-ring (bicyclic) bond motifs is 1. The maximum atomic E-state index is 13.5. The average Bonchev–Trinajstić information content (AvgIpc) is 3.57. The highest BCUT2D eigenvalue weighted by Gasteiger charge is 2.30. The fourth-order valence-electron chi connectivity index (χ4n) is 5.38. The first kappa shape index (κ1) is 25.8. The molecule has 1 saturated heterocycles. The van der Waals surface area contributed by atoms with Gasteiger partial charge in [-0.3, -0.25) is 9.48 Å². The number of aromatic nitrogens is 5. The Morgan fingerprint density at radius 1 is 1.08 bits per heavy atom. The van der Waals surface area contributed by atoms with Crippen LogP contribution in [-0.2, 0) is 16.4 Å². The van der Waals surface area contributed by atoms with E-state index < -0.39 is 10.0 Å². The van der Waals surface area contributed by atoms with Gasteiger partial charge in [-0.05, 0) is 38.8 Å². The molecule has 1 saturated carbocycles. The summed E-state index contributed by atoms with van der Waals surface area (Å²) in [6, 6.07) is 1.78. The van der Waals surface area contributed by atoms with Gasteiger partial charge in [0.1, 0.15) is 16.2 Å². The predicted octanol–water partition coefficient (Wildman–Crippen LogP) is 2.58. The minimum Gasteiger partial charge on any atom is -0.477 e. The normalized spacial score (nSPS) is 18.1. The molecule has 0 unspecified atom stereocenters. The molecule has 0 radical (unpaired) electrons. The molecule has 2 fully saturated rings. The molecule has 1 aliphatic heterocycles. The number of likely N-dealkylation sites (N-methyl/N-ethyl adjacent to an activating group) is 1. The van der Waals surface area contributed by atoms with Gasteiger partial charge in [-0.25, -0.2) is 18.4 Å². The summed E-state index contributed by atoms with van der Waals surface area (Å²) in [5, 5.41) is 4.65. The van der Waals surface area contributed by atoms with Crippen LogP contribution in [0.25, 0.3) is 22.4 Å². The van der Waals surface area contributed by atoms with Crippen molar-refractivity contribution in [3.05, 3.63) is 28.3 Å². The smallest absolute Gasteiger partial charge is 0.279 e. The van der Waals surface area contributed by atoms with Crippen LogP contribution in [0.3, 0.4) is 0 Å². The monoisotopic (exact) mass is 529 g/mol. The van der Waals surface area contributed by atoms with Crippen molar-refractivity contribution in [2.75, 3.05) is 39.3 Å². The largest absolute Gasteiger partial charge is 0.477 e. The molecule has 0 atom stereocenters. The van der Waals surface area contributed by atoms with E-state index in [1.54, 1.807) is 0 Å². The van der Waals surface area contributed by atoms with Crippen molar-refractivity contribution >= 4 is 21.1 Å². The Bertz CT molecular complexity index is 1440. The third-order valence-corrected chi connectivity index (χ3v) is 9.30. The molecule has 3 aromatic heterocycles. The first-order chi connectivity index (χ1) is 17.9. The van der Waals surface area contributed by atoms with Crippen LogP contribution in [0.15, 0.2) is 22.0 Å². The van der Waals surface area contributed by atoms with Crippen molar-refractivity contribution in [2.45, 2.75) is 63.8 Å². The number of aromatic amines is 1. The number of aryl methyl sites for hydroxylation is 1. The molecule has 11 nitrogen and oxygen atoms in total. The predicted molar refractivity (Wildman–Crippen MR) is 140 cm³/mol. The van der Waals surface area contributed by atoms with Crippen molar-refractivity contribution in [3.63, 3.8) is 0 Å². The van der Waals surface area contributed by atoms with Gasteiger partial charge in [0.05, 0.1) is 30.1 Å². The fourth-order valence-corrected chi connectivity index (χ4v) is 6.77. The molecule has 12 heteroatoms. The summed E-state index contributed by atoms with van der Waals surface area (Å²) in [7, 11) is -3.78. The van der Waals surface area contributed by atoms with Crippen LogP contribution in [0.2, 0.25) is 0 Å². The lowest BCUT2D eigenvalue weighted by Crippen LogP contribution is -2.48. The van der Waals surface area contributed by atoms with Crippen molar-refractivity contribution in [2.24, 2.45) is 0 Å². The van der Waals surface area contributed by atoms with E-state index in [-0.39, 0.29) is 28.2 Å². The molecule has 0 aromatic carbocycles. The van der Waals surface area contributed by atoms with E-state index in [0.29, 0.717) is 55.8 Å². The Morgan fingerprint density at radius 3 is 2.46 bits per heavy atom. The number of hydrogen-bond acceptors (Lipinski definition) is 8. The van der Waals surface area contributed by atoms with Crippen LogP contribution in [0.5, 0.6) is 5.88 Å². The van der Waals surface area contributed by atoms with Crippen LogP contribution in [-0.4, -0.2) is 81.7 Å². The van der Waals surface area contributed by atoms with Crippen LogP contribution < -0.4 is 10.3 Å². The number of hydrogen-bond donors (Lipinski definition) is 1. The first-order valence-corrected chi connectivity index (χ1v) is 14.7. The molecule has 1 aliphatic carbocycles. The van der Waals surface area contributed by atoms with Gasteiger partial charge in [0.2, 0.25) is 15.9 Å². The number of nitrogens with one attached hydrogen (secondary N) is 1. The molecule has 200 valence electrons. The summed E-state index contributed by atoms with van der Waals surface area (Å²) < 4.78 is 36.2. The van der Waals surface area contributed by atoms with E-state index in [4.69, 9.17) is 9.72 Å². The summed E-state index contributed by atoms with van der Waals surface area (Å²) in [5.74, 6) is 0.447. The summed E-state index contributed by atoms with van der Waals surface area (Å²) in [6.07, 6.45) is 6.38. The van der Waals surface area contributed by atoms with Crippen LogP contribution in [0.1, 0.15) is 58.2 Å². The fraction of sp³-hybridized carbons (Fsp3) is 0.600. The van der Waals surface area contributed by atoms with Crippen LogP contribution in [0, 0.1) is 0 Å². The van der Waals surface area contributed by atoms with Gasteiger partial charge < -0.3 is 14.6 Å². The van der Waals surface area contributed by atoms with Gasteiger partial charge in [0.25, 0.3) is 5.56 Å². The zero-order chi connectivity index (χ0) is 26.2. The Hall–Kier alpha value is -2.83. The number of nitrogens with zero attached hydrogens (tertiary/aromatic N) is 6. The van der Waals surface area contributed by atoms with E-state index in [0.717, 1.165) is 37.9 Å². The molecule has 1 N–H and O–H groups in total. The topological polar surface area (TPSA) is 126 Å². The van der Waals surface area contributed by atoms with E-state index in [2.05, 4.69) is 26.9 Å². The van der Waals surface area contributed by atoms with Gasteiger partial charge in [-0.2, -0.15) is 9.40 Å². The molecular weight excluding hydrogens is 494 g/mol. The lowest BCUT2D eigenvalue weighted by atomic mass is 10.2. The van der Waals surface area contributed by atoms with Crippen LogP contribution >= 0.6 is 0 Å². The van der Waals surface area contributed by atoms with Gasteiger partial charge in [0, 0.05) is 26.2 Å². The Morgan fingerprint density at radius 2 is 1.81 bits per heavy atom. The van der Waals surface area contributed by atoms with Crippen molar-refractivity contribution < 1.29 is 13.2 Å². The highest BCUT2D eigenvalue weighted by molar-refractivity contribution is 7.89. The Labute approximate surface area is 216 Å². The van der Waals surface area contributed by atoms with Gasteiger partial charge >= 0.3 is 0 Å². The molecule has 5 rings (SSSR count). The highest BCUT2D eigenvalue weighted by Crippen LogP contribution is 2.33. The number of piperazine rings is 1. The second kappa shape index (κ2) is 10.5. The SMILES string of the molecule is CCOc1ncc(S(=O)(=O)N2CCN(CC)CC2)cc1-c1nc2c(CC)n(C3CCCC3)nc2c(=O)[nH]1. The van der Waals surface area contributed by atoms with Crippen molar-refractivity contribution in [3.8, 4) is 17.3 Å². The summed E-state index contributed by atoms with van der Waals surface area (Å²) in [6.45, 7) is 9.34. The molecule has 0 amide bonds. The zero-order valence-electron chi connectivity index (χ0n) is 21.7. The third-order valence-electron chi connectivity index (χ3n) is 7.44. The number of rotatable bonds is 8. The van der Waals surface area contributed by atoms with Crippen LogP contribution in [0.4, 0.5) is 0 Å². The molecule has 2 aliphatic rings. The molecular formula is C25H35N7O4S. The van der Waals surface area contributed by atoms with Crippen molar-refractivity contribution in [1.82, 2.24) is 33.9 Å². The van der Waals surface area contributed by atoms with Gasteiger partial charge in [0.15, 0.2) is 5.52 Å². The average molecular weight is 530 g/mol. The molecule has 0 bridgehead atoms. The molecule has 3 aromatic rings. The summed E-state index contributed by atoms with van der Waals surface area (Å²) >= 11 is 0. The lowest BCUT2D eigenvalue weighted by molar-refractivity contribution is 0.196. The number of ether oxygens (including phenoxy) is 1. The highest BCUT2D eigenvalue weighted by atomic mass is 32.2. The second-order valence-corrected chi connectivity index (χ2v) is 11.5. The lowest BCUT2D eigenvalue weighted by Gasteiger charge is -2.33. The maximum Gasteiger partial charge on any atom is 0.279 e. The summed E-state index contributed by atoms with van der Waals surface area (Å²) in [5.41, 5.74) is 1.73. The molecule has 0 spiro atoms. The van der Waals surface area contributed by atoms with E-state index in [9.17, 15) is 13.2 Å². The quantitative estimate of drug-likeness (QED) is 0.472. The minimum atomic E-state index is -3.78. The number of H-pyrrole nitrogens is 1.